The summed E-state index contributed by atoms with van der Waals surface area (Å²) >= 11 is 9.62. The van der Waals surface area contributed by atoms with E-state index in [-0.39, 0.29) is 52.0 Å². The zero-order chi connectivity index (χ0) is 20.2. The average Bonchev–Trinajstić information content (AvgIpc) is 3.33. The second-order valence-electron chi connectivity index (χ2n) is 6.95. The third-order valence-corrected chi connectivity index (χ3v) is 6.82. The fourth-order valence-corrected chi connectivity index (χ4v) is 4.85. The van der Waals surface area contributed by atoms with Crippen LogP contribution in [0.2, 0.25) is 5.02 Å². The Morgan fingerprint density at radius 3 is 2.43 bits per heavy atom. The van der Waals surface area contributed by atoms with Crippen molar-refractivity contribution in [1.82, 2.24) is 5.01 Å². The molecule has 3 aliphatic rings. The number of esters is 1. The highest BCUT2D eigenvalue weighted by atomic mass is 79.9. The number of carbonyl (C=O) groups is 3. The highest BCUT2D eigenvalue weighted by molar-refractivity contribution is 9.10. The van der Waals surface area contributed by atoms with Gasteiger partial charge in [-0.1, -0.05) is 23.8 Å². The largest absolute Gasteiger partial charge is 0.493 e. The lowest BCUT2D eigenvalue weighted by Gasteiger charge is -2.14. The maximum atomic E-state index is 12.7. The lowest BCUT2D eigenvalue weighted by atomic mass is 9.85. The molecule has 1 saturated heterocycles. The van der Waals surface area contributed by atoms with Crippen LogP contribution in [0.15, 0.2) is 27.8 Å². The van der Waals surface area contributed by atoms with Crippen LogP contribution in [0.25, 0.3) is 0 Å². The van der Waals surface area contributed by atoms with Crippen molar-refractivity contribution in [2.45, 2.75) is 13.3 Å². The van der Waals surface area contributed by atoms with Crippen LogP contribution in [0.5, 0.6) is 11.5 Å². The number of hydrazone groups is 1. The SMILES string of the molecule is COc1cc(C=NN2C(=O)[C@@H]3[C@H](C2=O)[C@H]2C=C[C@H]3C2)c(Br)c(Cl)c1OC(C)=O. The van der Waals surface area contributed by atoms with Crippen molar-refractivity contribution in [2.24, 2.45) is 28.8 Å². The molecule has 1 heterocycles. The fraction of sp³-hybridized carbons (Fsp3) is 0.368. The minimum absolute atomic E-state index is 0.0752. The summed E-state index contributed by atoms with van der Waals surface area (Å²) in [5, 5.41) is 5.20. The van der Waals surface area contributed by atoms with Crippen LogP contribution in [-0.4, -0.2) is 36.1 Å². The summed E-state index contributed by atoms with van der Waals surface area (Å²) in [6.07, 6.45) is 6.28. The van der Waals surface area contributed by atoms with E-state index in [2.05, 4.69) is 21.0 Å². The molecule has 2 amide bonds. The molecule has 1 aromatic carbocycles. The van der Waals surface area contributed by atoms with Gasteiger partial charge in [-0.15, -0.1) is 0 Å². The van der Waals surface area contributed by atoms with Crippen molar-refractivity contribution >= 4 is 51.5 Å². The van der Waals surface area contributed by atoms with Crippen LogP contribution in [0.3, 0.4) is 0 Å². The molecule has 1 aliphatic heterocycles. The zero-order valence-corrected chi connectivity index (χ0v) is 17.4. The van der Waals surface area contributed by atoms with E-state index >= 15 is 0 Å². The summed E-state index contributed by atoms with van der Waals surface area (Å²) < 4.78 is 10.7. The molecule has 7 nitrogen and oxygen atoms in total. The van der Waals surface area contributed by atoms with Gasteiger partial charge >= 0.3 is 5.97 Å². The number of hydrogen-bond acceptors (Lipinski definition) is 6. The van der Waals surface area contributed by atoms with Gasteiger partial charge < -0.3 is 9.47 Å². The zero-order valence-electron chi connectivity index (χ0n) is 15.0. The first kappa shape index (κ1) is 19.1. The van der Waals surface area contributed by atoms with Crippen LogP contribution in [0, 0.1) is 23.7 Å². The molecule has 28 heavy (non-hydrogen) atoms. The Kier molecular flexibility index (Phi) is 4.79. The Balaban J connectivity index is 1.64. The van der Waals surface area contributed by atoms with Crippen molar-refractivity contribution in [2.75, 3.05) is 7.11 Å². The molecule has 0 aromatic heterocycles. The van der Waals surface area contributed by atoms with Crippen LogP contribution < -0.4 is 9.47 Å². The van der Waals surface area contributed by atoms with Gasteiger partial charge in [0, 0.05) is 17.0 Å². The first-order valence-electron chi connectivity index (χ1n) is 8.68. The number of imide groups is 1. The number of methoxy groups -OCH3 is 1. The molecular weight excluding hydrogens is 452 g/mol. The Morgan fingerprint density at radius 1 is 1.29 bits per heavy atom. The maximum absolute atomic E-state index is 12.7. The number of rotatable bonds is 4. The number of amides is 2. The van der Waals surface area contributed by atoms with E-state index in [1.807, 2.05) is 12.2 Å². The van der Waals surface area contributed by atoms with Crippen molar-refractivity contribution < 1.29 is 23.9 Å². The van der Waals surface area contributed by atoms with E-state index in [9.17, 15) is 14.4 Å². The smallest absolute Gasteiger partial charge is 0.308 e. The fourth-order valence-electron chi connectivity index (χ4n) is 4.21. The monoisotopic (exact) mass is 466 g/mol. The molecule has 0 radical (unpaired) electrons. The quantitative estimate of drug-likeness (QED) is 0.223. The average molecular weight is 468 g/mol. The van der Waals surface area contributed by atoms with E-state index in [0.717, 1.165) is 11.4 Å². The van der Waals surface area contributed by atoms with Crippen LogP contribution >= 0.6 is 27.5 Å². The Morgan fingerprint density at radius 2 is 1.89 bits per heavy atom. The molecule has 0 N–H and O–H groups in total. The van der Waals surface area contributed by atoms with Gasteiger partial charge in [0.2, 0.25) is 0 Å². The van der Waals surface area contributed by atoms with Gasteiger partial charge in [-0.25, -0.2) is 0 Å². The van der Waals surface area contributed by atoms with Gasteiger partial charge in [0.05, 0.1) is 25.2 Å². The van der Waals surface area contributed by atoms with Crippen molar-refractivity contribution in [3.8, 4) is 11.5 Å². The molecule has 2 fully saturated rings. The molecule has 4 atom stereocenters. The molecule has 2 aliphatic carbocycles. The second-order valence-corrected chi connectivity index (χ2v) is 8.12. The summed E-state index contributed by atoms with van der Waals surface area (Å²) in [6, 6.07) is 1.55. The second kappa shape index (κ2) is 7.00. The highest BCUT2D eigenvalue weighted by Crippen LogP contribution is 2.52. The number of carbonyl (C=O) groups excluding carboxylic acids is 3. The first-order chi connectivity index (χ1) is 13.3. The topological polar surface area (TPSA) is 85.3 Å². The maximum Gasteiger partial charge on any atom is 0.308 e. The molecule has 9 heteroatoms. The summed E-state index contributed by atoms with van der Waals surface area (Å²) in [5.74, 6) is -1.17. The number of benzene rings is 1. The van der Waals surface area contributed by atoms with Gasteiger partial charge in [0.15, 0.2) is 11.5 Å². The molecule has 2 bridgehead atoms. The summed E-state index contributed by atoms with van der Waals surface area (Å²) in [5.41, 5.74) is 0.469. The highest BCUT2D eigenvalue weighted by Gasteiger charge is 2.59. The standard InChI is InChI=1S/C19H16BrClN2O5/c1-8(24)28-17-12(27-2)6-11(15(20)16(17)21)7-22-23-18(25)13-9-3-4-10(5-9)14(13)19(23)26/h3-4,6-7,9-10,13-14H,5H2,1-2H3/t9-,10-,13-,14+/m0/s1. The molecule has 0 unspecified atom stereocenters. The van der Waals surface area contributed by atoms with Crippen molar-refractivity contribution in [3.63, 3.8) is 0 Å². The third kappa shape index (κ3) is 2.86. The first-order valence-corrected chi connectivity index (χ1v) is 9.85. The van der Waals surface area contributed by atoms with E-state index in [1.54, 1.807) is 6.07 Å². The van der Waals surface area contributed by atoms with E-state index < -0.39 is 5.97 Å². The van der Waals surface area contributed by atoms with Gasteiger partial charge in [-0.3, -0.25) is 14.4 Å². The minimum Gasteiger partial charge on any atom is -0.493 e. The number of ether oxygens (including phenoxy) is 2. The van der Waals surface area contributed by atoms with Gasteiger partial charge in [-0.2, -0.15) is 10.1 Å². The van der Waals surface area contributed by atoms with Gasteiger partial charge in [-0.05, 0) is 40.3 Å². The summed E-state index contributed by atoms with van der Waals surface area (Å²) in [7, 11) is 1.41. The molecule has 146 valence electrons. The summed E-state index contributed by atoms with van der Waals surface area (Å²) in [4.78, 5) is 36.7. The van der Waals surface area contributed by atoms with Gasteiger partial charge in [0.25, 0.3) is 11.8 Å². The predicted molar refractivity (Wildman–Crippen MR) is 104 cm³/mol. The van der Waals surface area contributed by atoms with E-state index in [4.69, 9.17) is 21.1 Å². The Hall–Kier alpha value is -2.19. The normalized spacial score (nSPS) is 27.8. The van der Waals surface area contributed by atoms with Crippen molar-refractivity contribution in [1.29, 1.82) is 0 Å². The molecule has 1 aromatic rings. The molecule has 4 rings (SSSR count). The van der Waals surface area contributed by atoms with E-state index in [1.165, 1.54) is 20.2 Å². The minimum atomic E-state index is -0.545. The van der Waals surface area contributed by atoms with Gasteiger partial charge in [0.1, 0.15) is 5.02 Å². The number of nitrogens with zero attached hydrogens (tertiary/aromatic N) is 2. The van der Waals surface area contributed by atoms with Crippen molar-refractivity contribution in [3.05, 3.63) is 33.3 Å². The van der Waals surface area contributed by atoms with Crippen LogP contribution in [0.4, 0.5) is 0 Å². The lowest BCUT2D eigenvalue weighted by Crippen LogP contribution is -2.28. The molecular formula is C19H16BrClN2O5. The Labute approximate surface area is 174 Å². The third-order valence-electron chi connectivity index (χ3n) is 5.38. The number of fused-ring (bicyclic) bond motifs is 5. The van der Waals surface area contributed by atoms with Crippen LogP contribution in [0.1, 0.15) is 18.9 Å². The Bertz CT molecular complexity index is 930. The molecule has 1 saturated carbocycles. The predicted octanol–water partition coefficient (Wildman–Crippen LogP) is 3.18. The number of allylic oxidation sites excluding steroid dienone is 2. The van der Waals surface area contributed by atoms with Crippen LogP contribution in [-0.2, 0) is 14.4 Å². The molecule has 0 spiro atoms. The van der Waals surface area contributed by atoms with E-state index in [0.29, 0.717) is 10.0 Å². The number of hydrogen-bond donors (Lipinski definition) is 0. The number of halogens is 2. The summed E-state index contributed by atoms with van der Waals surface area (Å²) in [6.45, 7) is 1.25. The lowest BCUT2D eigenvalue weighted by molar-refractivity contribution is -0.140.